The second-order valence-electron chi connectivity index (χ2n) is 5.09. The fourth-order valence-electron chi connectivity index (χ4n) is 1.95. The number of aromatic nitrogens is 1. The van der Waals surface area contributed by atoms with E-state index in [2.05, 4.69) is 34.8 Å². The zero-order chi connectivity index (χ0) is 15.6. The number of ether oxygens (including phenoxy) is 1. The van der Waals surface area contributed by atoms with Crippen molar-refractivity contribution in [3.05, 3.63) is 51.6 Å². The molecule has 0 aliphatic heterocycles. The highest BCUT2D eigenvalue weighted by molar-refractivity contribution is 9.10. The molecule has 0 atom stereocenters. The lowest BCUT2D eigenvalue weighted by atomic mass is 10.0. The minimum Gasteiger partial charge on any atom is -0.478 e. The van der Waals surface area contributed by atoms with E-state index < -0.39 is 5.97 Å². The Kier molecular flexibility index (Phi) is 4.63. The molecular weight excluding hydrogens is 334 g/mol. The zero-order valence-electron chi connectivity index (χ0n) is 12.1. The summed E-state index contributed by atoms with van der Waals surface area (Å²) >= 11 is 3.45. The molecule has 1 aromatic heterocycles. The van der Waals surface area contributed by atoms with Gasteiger partial charge < -0.3 is 9.84 Å². The Morgan fingerprint density at radius 3 is 2.62 bits per heavy atom. The summed E-state index contributed by atoms with van der Waals surface area (Å²) in [6.45, 7) is 5.95. The first kappa shape index (κ1) is 15.5. The zero-order valence-corrected chi connectivity index (χ0v) is 13.6. The highest BCUT2D eigenvalue weighted by atomic mass is 79.9. The van der Waals surface area contributed by atoms with Crippen molar-refractivity contribution in [2.45, 2.75) is 26.7 Å². The van der Waals surface area contributed by atoms with Crippen molar-refractivity contribution in [1.29, 1.82) is 0 Å². The molecule has 0 fully saturated rings. The fraction of sp³-hybridized carbons (Fsp3) is 0.250. The van der Waals surface area contributed by atoms with Gasteiger partial charge in [0.15, 0.2) is 0 Å². The van der Waals surface area contributed by atoms with E-state index in [4.69, 9.17) is 9.84 Å². The number of carboxylic acid groups (broad SMARTS) is 1. The number of halogens is 1. The van der Waals surface area contributed by atoms with Gasteiger partial charge in [-0.3, -0.25) is 0 Å². The summed E-state index contributed by atoms with van der Waals surface area (Å²) in [6, 6.07) is 7.35. The lowest BCUT2D eigenvalue weighted by Crippen LogP contribution is -2.01. The highest BCUT2D eigenvalue weighted by Crippen LogP contribution is 2.33. The number of aryl methyl sites for hydroxylation is 1. The first-order chi connectivity index (χ1) is 9.88. The Hall–Kier alpha value is -1.88. The molecule has 0 amide bonds. The maximum Gasteiger partial charge on any atom is 0.337 e. The highest BCUT2D eigenvalue weighted by Gasteiger charge is 2.13. The van der Waals surface area contributed by atoms with Gasteiger partial charge in [0.2, 0.25) is 5.88 Å². The smallest absolute Gasteiger partial charge is 0.337 e. The van der Waals surface area contributed by atoms with Crippen LogP contribution in [0.1, 0.15) is 41.3 Å². The molecule has 0 saturated heterocycles. The largest absolute Gasteiger partial charge is 0.478 e. The molecule has 0 saturated carbocycles. The molecule has 2 rings (SSSR count). The summed E-state index contributed by atoms with van der Waals surface area (Å²) in [7, 11) is 0. The summed E-state index contributed by atoms with van der Waals surface area (Å²) in [5, 5.41) is 8.95. The van der Waals surface area contributed by atoms with E-state index in [0.29, 0.717) is 17.4 Å². The molecule has 0 aliphatic carbocycles. The number of benzene rings is 1. The molecule has 1 aromatic carbocycles. The van der Waals surface area contributed by atoms with Crippen molar-refractivity contribution in [2.24, 2.45) is 0 Å². The SMILES string of the molecule is Cc1cc(C(=O)O)cnc1Oc1ccc(Br)cc1C(C)C. The van der Waals surface area contributed by atoms with Crippen LogP contribution in [-0.2, 0) is 0 Å². The third-order valence-corrected chi connectivity index (χ3v) is 3.57. The molecule has 4 nitrogen and oxygen atoms in total. The molecule has 5 heteroatoms. The standard InChI is InChI=1S/C16H16BrNO3/c1-9(2)13-7-12(17)4-5-14(13)21-15-10(3)6-11(8-18-15)16(19)20/h4-9H,1-3H3,(H,19,20). The Morgan fingerprint density at radius 2 is 2.05 bits per heavy atom. The van der Waals surface area contributed by atoms with Crippen molar-refractivity contribution in [1.82, 2.24) is 4.98 Å². The molecular formula is C16H16BrNO3. The Labute approximate surface area is 131 Å². The third kappa shape index (κ3) is 3.61. The average molecular weight is 350 g/mol. The molecule has 2 aromatic rings. The van der Waals surface area contributed by atoms with Crippen LogP contribution in [0.25, 0.3) is 0 Å². The number of aromatic carboxylic acids is 1. The van der Waals surface area contributed by atoms with Crippen LogP contribution in [-0.4, -0.2) is 16.1 Å². The average Bonchev–Trinajstić information content (AvgIpc) is 2.42. The monoisotopic (exact) mass is 349 g/mol. The number of hydrogen-bond acceptors (Lipinski definition) is 3. The predicted octanol–water partition coefficient (Wildman–Crippen LogP) is 4.77. The van der Waals surface area contributed by atoms with Crippen LogP contribution in [0.5, 0.6) is 11.6 Å². The molecule has 1 heterocycles. The third-order valence-electron chi connectivity index (χ3n) is 3.08. The number of carboxylic acids is 1. The van der Waals surface area contributed by atoms with Crippen LogP contribution < -0.4 is 4.74 Å². The van der Waals surface area contributed by atoms with E-state index >= 15 is 0 Å². The van der Waals surface area contributed by atoms with Gasteiger partial charge in [0.25, 0.3) is 0 Å². The Bertz CT molecular complexity index is 683. The normalized spacial score (nSPS) is 10.7. The first-order valence-electron chi connectivity index (χ1n) is 6.55. The minimum absolute atomic E-state index is 0.153. The van der Waals surface area contributed by atoms with Gasteiger partial charge in [-0.05, 0) is 42.7 Å². The van der Waals surface area contributed by atoms with Gasteiger partial charge in [0, 0.05) is 16.2 Å². The molecule has 0 unspecified atom stereocenters. The maximum atomic E-state index is 10.9. The van der Waals surface area contributed by atoms with Gasteiger partial charge in [-0.2, -0.15) is 0 Å². The van der Waals surface area contributed by atoms with Crippen molar-refractivity contribution in [3.8, 4) is 11.6 Å². The van der Waals surface area contributed by atoms with Crippen molar-refractivity contribution >= 4 is 21.9 Å². The fourth-order valence-corrected chi connectivity index (χ4v) is 2.33. The Balaban J connectivity index is 2.36. The number of nitrogens with zero attached hydrogens (tertiary/aromatic N) is 1. The summed E-state index contributed by atoms with van der Waals surface area (Å²) in [5.41, 5.74) is 1.90. The molecule has 0 bridgehead atoms. The van der Waals surface area contributed by atoms with Crippen LogP contribution in [0.15, 0.2) is 34.9 Å². The van der Waals surface area contributed by atoms with Crippen LogP contribution in [0.2, 0.25) is 0 Å². The number of rotatable bonds is 4. The van der Waals surface area contributed by atoms with Gasteiger partial charge in [-0.1, -0.05) is 29.8 Å². The lowest BCUT2D eigenvalue weighted by molar-refractivity contribution is 0.0696. The van der Waals surface area contributed by atoms with E-state index in [-0.39, 0.29) is 5.56 Å². The van der Waals surface area contributed by atoms with Crippen LogP contribution in [0.4, 0.5) is 0 Å². The summed E-state index contributed by atoms with van der Waals surface area (Å²) in [4.78, 5) is 15.0. The number of pyridine rings is 1. The van der Waals surface area contributed by atoms with Gasteiger partial charge in [0.05, 0.1) is 5.56 Å². The van der Waals surface area contributed by atoms with E-state index in [0.717, 1.165) is 15.8 Å². The van der Waals surface area contributed by atoms with E-state index in [1.165, 1.54) is 6.20 Å². The van der Waals surface area contributed by atoms with Gasteiger partial charge in [-0.15, -0.1) is 0 Å². The quantitative estimate of drug-likeness (QED) is 0.863. The van der Waals surface area contributed by atoms with Gasteiger partial charge in [-0.25, -0.2) is 9.78 Å². The summed E-state index contributed by atoms with van der Waals surface area (Å²) in [5.74, 6) is 0.454. The second-order valence-corrected chi connectivity index (χ2v) is 6.01. The first-order valence-corrected chi connectivity index (χ1v) is 7.35. The van der Waals surface area contributed by atoms with Gasteiger partial charge in [0.1, 0.15) is 5.75 Å². The topological polar surface area (TPSA) is 59.4 Å². The minimum atomic E-state index is -0.997. The lowest BCUT2D eigenvalue weighted by Gasteiger charge is -2.15. The van der Waals surface area contributed by atoms with E-state index in [1.54, 1.807) is 13.0 Å². The predicted molar refractivity (Wildman–Crippen MR) is 84.2 cm³/mol. The van der Waals surface area contributed by atoms with Crippen LogP contribution in [0, 0.1) is 6.92 Å². The molecule has 0 radical (unpaired) electrons. The molecule has 0 spiro atoms. The van der Waals surface area contributed by atoms with E-state index in [9.17, 15) is 4.79 Å². The molecule has 0 aliphatic rings. The number of carbonyl (C=O) groups is 1. The molecule has 1 N–H and O–H groups in total. The summed E-state index contributed by atoms with van der Waals surface area (Å²) in [6.07, 6.45) is 1.30. The Morgan fingerprint density at radius 1 is 1.33 bits per heavy atom. The molecule has 110 valence electrons. The second kappa shape index (κ2) is 6.26. The van der Waals surface area contributed by atoms with Crippen LogP contribution in [0.3, 0.4) is 0 Å². The summed E-state index contributed by atoms with van der Waals surface area (Å²) < 4.78 is 6.86. The van der Waals surface area contributed by atoms with Crippen molar-refractivity contribution < 1.29 is 14.6 Å². The van der Waals surface area contributed by atoms with Gasteiger partial charge >= 0.3 is 5.97 Å². The maximum absolute atomic E-state index is 10.9. The number of hydrogen-bond donors (Lipinski definition) is 1. The van der Waals surface area contributed by atoms with E-state index in [1.807, 2.05) is 18.2 Å². The molecule has 21 heavy (non-hydrogen) atoms. The van der Waals surface area contributed by atoms with Crippen molar-refractivity contribution in [3.63, 3.8) is 0 Å². The van der Waals surface area contributed by atoms with Crippen molar-refractivity contribution in [2.75, 3.05) is 0 Å². The van der Waals surface area contributed by atoms with Crippen LogP contribution >= 0.6 is 15.9 Å².